The second kappa shape index (κ2) is 7.50. The molecular formula is C23H23BrN2O3. The third-order valence-electron chi connectivity index (χ3n) is 6.23. The number of hydrogen-bond donors (Lipinski definition) is 2. The highest BCUT2D eigenvalue weighted by molar-refractivity contribution is 9.10. The van der Waals surface area contributed by atoms with Crippen LogP contribution >= 0.6 is 15.9 Å². The summed E-state index contributed by atoms with van der Waals surface area (Å²) in [6.07, 6.45) is 5.40. The van der Waals surface area contributed by atoms with Gasteiger partial charge in [0.1, 0.15) is 5.75 Å². The molecule has 2 heterocycles. The summed E-state index contributed by atoms with van der Waals surface area (Å²) in [5.74, 6) is 0.906. The Balaban J connectivity index is 1.49. The zero-order chi connectivity index (χ0) is 20.0. The van der Waals surface area contributed by atoms with Gasteiger partial charge in [0.25, 0.3) is 5.91 Å². The van der Waals surface area contributed by atoms with Gasteiger partial charge in [0.15, 0.2) is 0 Å². The standard InChI is InChI=1S/C23H23BrN2O3/c24-15-5-7-21(27)19(13-15)22-17-3-1-2-16(17)18-12-14(4-6-20(18)25-22)23(28)26-8-10-29-11-9-26/h1-2,4-7,12-13,16-17,22,25,27H,3,8-11H2. The number of allylic oxidation sites excluding steroid dienone is 2. The maximum absolute atomic E-state index is 12.9. The van der Waals surface area contributed by atoms with E-state index in [2.05, 4.69) is 33.4 Å². The largest absolute Gasteiger partial charge is 0.508 e. The zero-order valence-electron chi connectivity index (χ0n) is 16.0. The summed E-state index contributed by atoms with van der Waals surface area (Å²) >= 11 is 3.52. The van der Waals surface area contributed by atoms with Crippen molar-refractivity contribution < 1.29 is 14.6 Å². The van der Waals surface area contributed by atoms with Crippen molar-refractivity contribution in [3.63, 3.8) is 0 Å². The number of rotatable bonds is 2. The molecule has 3 unspecified atom stereocenters. The highest BCUT2D eigenvalue weighted by Gasteiger charge is 2.39. The zero-order valence-corrected chi connectivity index (χ0v) is 17.6. The molecule has 3 aliphatic rings. The number of anilines is 1. The molecule has 0 aromatic heterocycles. The molecule has 1 fully saturated rings. The second-order valence-corrected chi connectivity index (χ2v) is 8.80. The quantitative estimate of drug-likeness (QED) is 0.657. The summed E-state index contributed by atoms with van der Waals surface area (Å²) in [5.41, 5.74) is 3.82. The van der Waals surface area contributed by atoms with E-state index < -0.39 is 0 Å². The smallest absolute Gasteiger partial charge is 0.254 e. The van der Waals surface area contributed by atoms with Crippen molar-refractivity contribution in [3.05, 3.63) is 69.7 Å². The van der Waals surface area contributed by atoms with Gasteiger partial charge in [0.05, 0.1) is 19.3 Å². The van der Waals surface area contributed by atoms with Crippen LogP contribution in [0.25, 0.3) is 0 Å². The normalized spacial score (nSPS) is 25.3. The first-order chi connectivity index (χ1) is 14.1. The fourth-order valence-corrected chi connectivity index (χ4v) is 5.14. The third kappa shape index (κ3) is 3.34. The Morgan fingerprint density at radius 1 is 1.14 bits per heavy atom. The van der Waals surface area contributed by atoms with E-state index in [-0.39, 0.29) is 17.9 Å². The Labute approximate surface area is 178 Å². The molecule has 29 heavy (non-hydrogen) atoms. The highest BCUT2D eigenvalue weighted by atomic mass is 79.9. The van der Waals surface area contributed by atoms with Crippen molar-refractivity contribution in [2.75, 3.05) is 31.6 Å². The first kappa shape index (κ1) is 18.7. The number of phenolic OH excluding ortho intramolecular Hbond substituents is 1. The lowest BCUT2D eigenvalue weighted by atomic mass is 9.76. The Morgan fingerprint density at radius 3 is 2.79 bits per heavy atom. The highest BCUT2D eigenvalue weighted by Crippen LogP contribution is 2.51. The number of benzene rings is 2. The van der Waals surface area contributed by atoms with Crippen LogP contribution in [0.1, 0.15) is 39.9 Å². The van der Waals surface area contributed by atoms with Gasteiger partial charge in [-0.25, -0.2) is 0 Å². The number of aromatic hydroxyl groups is 1. The van der Waals surface area contributed by atoms with Gasteiger partial charge in [0, 0.05) is 40.3 Å². The monoisotopic (exact) mass is 454 g/mol. The minimum absolute atomic E-state index is 0.0146. The predicted octanol–water partition coefficient (Wildman–Crippen LogP) is 4.45. The van der Waals surface area contributed by atoms with Gasteiger partial charge in [-0.1, -0.05) is 28.1 Å². The molecular weight excluding hydrogens is 432 g/mol. The van der Waals surface area contributed by atoms with Gasteiger partial charge in [-0.15, -0.1) is 0 Å². The van der Waals surface area contributed by atoms with E-state index >= 15 is 0 Å². The molecule has 2 aromatic rings. The van der Waals surface area contributed by atoms with Crippen LogP contribution < -0.4 is 5.32 Å². The maximum Gasteiger partial charge on any atom is 0.254 e. The van der Waals surface area contributed by atoms with Crippen LogP contribution in [0.3, 0.4) is 0 Å². The minimum atomic E-state index is 0.0146. The lowest BCUT2D eigenvalue weighted by Crippen LogP contribution is -2.40. The van der Waals surface area contributed by atoms with Gasteiger partial charge in [0.2, 0.25) is 0 Å². The minimum Gasteiger partial charge on any atom is -0.508 e. The van der Waals surface area contributed by atoms with E-state index in [1.54, 1.807) is 6.07 Å². The molecule has 5 rings (SSSR count). The van der Waals surface area contributed by atoms with Crippen molar-refractivity contribution in [1.29, 1.82) is 0 Å². The molecule has 2 aliphatic heterocycles. The van der Waals surface area contributed by atoms with Crippen LogP contribution in [0, 0.1) is 5.92 Å². The van der Waals surface area contributed by atoms with Crippen molar-refractivity contribution in [3.8, 4) is 5.75 Å². The van der Waals surface area contributed by atoms with Crippen LogP contribution in [0.5, 0.6) is 5.75 Å². The van der Waals surface area contributed by atoms with Crippen molar-refractivity contribution in [1.82, 2.24) is 4.90 Å². The second-order valence-electron chi connectivity index (χ2n) is 7.89. The number of fused-ring (bicyclic) bond motifs is 3. The number of nitrogens with one attached hydrogen (secondary N) is 1. The Morgan fingerprint density at radius 2 is 1.97 bits per heavy atom. The van der Waals surface area contributed by atoms with Crippen LogP contribution in [-0.2, 0) is 4.74 Å². The SMILES string of the molecule is O=C(c1ccc2c(c1)C1C=CCC1C(c1cc(Br)ccc1O)N2)N1CCOCC1. The predicted molar refractivity (Wildman–Crippen MR) is 115 cm³/mol. The molecule has 5 nitrogen and oxygen atoms in total. The Hall–Kier alpha value is -2.31. The van der Waals surface area contributed by atoms with E-state index in [9.17, 15) is 9.90 Å². The average Bonchev–Trinajstić information content (AvgIpc) is 3.25. The van der Waals surface area contributed by atoms with Crippen LogP contribution in [0.2, 0.25) is 0 Å². The summed E-state index contributed by atoms with van der Waals surface area (Å²) in [7, 11) is 0. The molecule has 1 aliphatic carbocycles. The summed E-state index contributed by atoms with van der Waals surface area (Å²) in [5, 5.41) is 14.1. The van der Waals surface area contributed by atoms with Crippen LogP contribution in [0.15, 0.2) is 53.0 Å². The van der Waals surface area contributed by atoms with Crippen LogP contribution in [-0.4, -0.2) is 42.2 Å². The van der Waals surface area contributed by atoms with Crippen molar-refractivity contribution in [2.45, 2.75) is 18.4 Å². The topological polar surface area (TPSA) is 61.8 Å². The maximum atomic E-state index is 12.9. The molecule has 2 aromatic carbocycles. The number of halogens is 1. The Bertz CT molecular complexity index is 984. The molecule has 0 saturated carbocycles. The van der Waals surface area contributed by atoms with Gasteiger partial charge < -0.3 is 20.1 Å². The van der Waals surface area contributed by atoms with E-state index in [0.29, 0.717) is 38.0 Å². The first-order valence-corrected chi connectivity index (χ1v) is 10.8. The number of hydrogen-bond acceptors (Lipinski definition) is 4. The molecule has 1 saturated heterocycles. The van der Waals surface area contributed by atoms with Gasteiger partial charge in [-0.2, -0.15) is 0 Å². The molecule has 150 valence electrons. The summed E-state index contributed by atoms with van der Waals surface area (Å²) in [6.45, 7) is 2.49. The van der Waals surface area contributed by atoms with Crippen LogP contribution in [0.4, 0.5) is 5.69 Å². The number of morpholine rings is 1. The molecule has 6 heteroatoms. The van der Waals surface area contributed by atoms with E-state index in [1.807, 2.05) is 35.2 Å². The summed E-state index contributed by atoms with van der Waals surface area (Å²) < 4.78 is 6.32. The van der Waals surface area contributed by atoms with E-state index in [4.69, 9.17) is 4.74 Å². The molecule has 1 amide bonds. The summed E-state index contributed by atoms with van der Waals surface area (Å²) in [4.78, 5) is 14.8. The molecule has 2 N–H and O–H groups in total. The van der Waals surface area contributed by atoms with E-state index in [0.717, 1.165) is 33.3 Å². The molecule has 0 bridgehead atoms. The number of carbonyl (C=O) groups excluding carboxylic acids is 1. The fourth-order valence-electron chi connectivity index (χ4n) is 4.76. The van der Waals surface area contributed by atoms with Crippen molar-refractivity contribution >= 4 is 27.5 Å². The van der Waals surface area contributed by atoms with E-state index in [1.165, 1.54) is 0 Å². The number of phenols is 1. The first-order valence-electron chi connectivity index (χ1n) is 10.0. The molecule has 0 spiro atoms. The average molecular weight is 455 g/mol. The number of carbonyl (C=O) groups is 1. The molecule has 0 radical (unpaired) electrons. The lowest BCUT2D eigenvalue weighted by molar-refractivity contribution is 0.0303. The number of ether oxygens (including phenoxy) is 1. The fraction of sp³-hybridized carbons (Fsp3) is 0.348. The van der Waals surface area contributed by atoms with Gasteiger partial charge >= 0.3 is 0 Å². The summed E-state index contributed by atoms with van der Waals surface area (Å²) in [6, 6.07) is 11.5. The number of nitrogens with zero attached hydrogens (tertiary/aromatic N) is 1. The van der Waals surface area contributed by atoms with Gasteiger partial charge in [-0.3, -0.25) is 4.79 Å². The number of amides is 1. The third-order valence-corrected chi connectivity index (χ3v) is 6.73. The van der Waals surface area contributed by atoms with Crippen molar-refractivity contribution in [2.24, 2.45) is 5.92 Å². The Kier molecular flexibility index (Phi) is 4.84. The lowest BCUT2D eigenvalue weighted by Gasteiger charge is -2.38. The van der Waals surface area contributed by atoms with Gasteiger partial charge in [-0.05, 0) is 54.3 Å². The molecule has 3 atom stereocenters.